The largest absolute Gasteiger partial charge is 0.356 e. The number of piperidine rings is 1. The third-order valence-corrected chi connectivity index (χ3v) is 3.35. The van der Waals surface area contributed by atoms with Crippen molar-refractivity contribution >= 4 is 5.91 Å². The van der Waals surface area contributed by atoms with Crippen molar-refractivity contribution in [2.45, 2.75) is 40.0 Å². The van der Waals surface area contributed by atoms with Gasteiger partial charge in [0.25, 0.3) is 0 Å². The second kappa shape index (κ2) is 8.30. The minimum absolute atomic E-state index is 0.147. The Hall–Kier alpha value is -0.830. The monoisotopic (exact) mass is 252 g/mol. The highest BCUT2D eigenvalue weighted by molar-refractivity contribution is 5.77. The fraction of sp³-hybridized carbons (Fsp3) is 0.800. The van der Waals surface area contributed by atoms with Crippen LogP contribution in [0.1, 0.15) is 40.0 Å². The Morgan fingerprint density at radius 2 is 2.28 bits per heavy atom. The molecule has 0 aliphatic carbocycles. The standard InChI is InChI=1S/C15H28N2O/c1-4-5-8-15(18)16-10-14-7-6-9-17(12-14)11-13(2)3/h4-5,13-14H,6-12H2,1-3H3,(H,16,18)/b5-4+. The van der Waals surface area contributed by atoms with Gasteiger partial charge in [-0.3, -0.25) is 4.79 Å². The molecule has 1 atom stereocenters. The smallest absolute Gasteiger partial charge is 0.223 e. The van der Waals surface area contributed by atoms with E-state index in [1.165, 1.54) is 25.9 Å². The number of likely N-dealkylation sites (tertiary alicyclic amines) is 1. The number of allylic oxidation sites excluding steroid dienone is 1. The molecule has 1 aliphatic heterocycles. The SMILES string of the molecule is C/C=C/CC(=O)NCC1CCCN(CC(C)C)C1. The molecule has 1 unspecified atom stereocenters. The van der Waals surface area contributed by atoms with Gasteiger partial charge >= 0.3 is 0 Å². The van der Waals surface area contributed by atoms with Crippen LogP contribution in [0.3, 0.4) is 0 Å². The predicted molar refractivity (Wildman–Crippen MR) is 76.4 cm³/mol. The number of amides is 1. The molecular weight excluding hydrogens is 224 g/mol. The van der Waals surface area contributed by atoms with E-state index in [0.717, 1.165) is 19.0 Å². The zero-order chi connectivity index (χ0) is 13.4. The van der Waals surface area contributed by atoms with Crippen LogP contribution in [0.5, 0.6) is 0 Å². The van der Waals surface area contributed by atoms with E-state index in [4.69, 9.17) is 0 Å². The van der Waals surface area contributed by atoms with Crippen molar-refractivity contribution in [2.75, 3.05) is 26.2 Å². The molecule has 104 valence electrons. The number of carbonyl (C=O) groups excluding carboxylic acids is 1. The lowest BCUT2D eigenvalue weighted by Crippen LogP contribution is -2.42. The molecular formula is C15H28N2O. The van der Waals surface area contributed by atoms with Crippen LogP contribution in [-0.2, 0) is 4.79 Å². The van der Waals surface area contributed by atoms with Crippen LogP contribution in [0.15, 0.2) is 12.2 Å². The quantitative estimate of drug-likeness (QED) is 0.736. The van der Waals surface area contributed by atoms with E-state index in [1.54, 1.807) is 0 Å². The highest BCUT2D eigenvalue weighted by Crippen LogP contribution is 2.16. The first-order valence-electron chi connectivity index (χ1n) is 7.22. The molecule has 0 radical (unpaired) electrons. The summed E-state index contributed by atoms with van der Waals surface area (Å²) in [5.41, 5.74) is 0. The van der Waals surface area contributed by atoms with Gasteiger partial charge in [-0.1, -0.05) is 26.0 Å². The molecule has 0 aromatic heterocycles. The first-order chi connectivity index (χ1) is 8.61. The van der Waals surface area contributed by atoms with E-state index in [9.17, 15) is 4.79 Å². The maximum Gasteiger partial charge on any atom is 0.223 e. The average Bonchev–Trinajstić information content (AvgIpc) is 2.33. The molecule has 1 saturated heterocycles. The summed E-state index contributed by atoms with van der Waals surface area (Å²) < 4.78 is 0. The van der Waals surface area contributed by atoms with Crippen molar-refractivity contribution in [3.8, 4) is 0 Å². The molecule has 1 fully saturated rings. The molecule has 1 N–H and O–H groups in total. The summed E-state index contributed by atoms with van der Waals surface area (Å²) in [6.45, 7) is 10.9. The van der Waals surface area contributed by atoms with Crippen LogP contribution in [0.2, 0.25) is 0 Å². The van der Waals surface area contributed by atoms with E-state index in [-0.39, 0.29) is 5.91 Å². The van der Waals surface area contributed by atoms with E-state index in [1.807, 2.05) is 19.1 Å². The van der Waals surface area contributed by atoms with Crippen LogP contribution in [-0.4, -0.2) is 37.0 Å². The van der Waals surface area contributed by atoms with Gasteiger partial charge in [0, 0.05) is 26.1 Å². The number of hydrogen-bond donors (Lipinski definition) is 1. The maximum absolute atomic E-state index is 11.5. The second-order valence-electron chi connectivity index (χ2n) is 5.74. The van der Waals surface area contributed by atoms with Gasteiger partial charge in [0.15, 0.2) is 0 Å². The number of rotatable bonds is 6. The van der Waals surface area contributed by atoms with Gasteiger partial charge < -0.3 is 10.2 Å². The van der Waals surface area contributed by atoms with Gasteiger partial charge in [-0.05, 0) is 38.1 Å². The fourth-order valence-electron chi connectivity index (χ4n) is 2.56. The molecule has 1 aliphatic rings. The van der Waals surface area contributed by atoms with E-state index >= 15 is 0 Å². The van der Waals surface area contributed by atoms with Gasteiger partial charge in [-0.25, -0.2) is 0 Å². The van der Waals surface area contributed by atoms with Crippen LogP contribution in [0, 0.1) is 11.8 Å². The Morgan fingerprint density at radius 3 is 2.94 bits per heavy atom. The average molecular weight is 252 g/mol. The maximum atomic E-state index is 11.5. The molecule has 0 saturated carbocycles. The molecule has 0 aromatic rings. The lowest BCUT2D eigenvalue weighted by molar-refractivity contribution is -0.120. The zero-order valence-electron chi connectivity index (χ0n) is 12.1. The summed E-state index contributed by atoms with van der Waals surface area (Å²) in [5.74, 6) is 1.51. The molecule has 0 bridgehead atoms. The minimum Gasteiger partial charge on any atom is -0.356 e. The highest BCUT2D eigenvalue weighted by Gasteiger charge is 2.20. The van der Waals surface area contributed by atoms with Gasteiger partial charge in [0.2, 0.25) is 5.91 Å². The normalized spacial score (nSPS) is 21.7. The third kappa shape index (κ3) is 6.20. The summed E-state index contributed by atoms with van der Waals surface area (Å²) in [4.78, 5) is 14.1. The van der Waals surface area contributed by atoms with E-state index < -0.39 is 0 Å². The Morgan fingerprint density at radius 1 is 1.50 bits per heavy atom. The van der Waals surface area contributed by atoms with Crippen molar-refractivity contribution in [1.29, 1.82) is 0 Å². The second-order valence-corrected chi connectivity index (χ2v) is 5.74. The molecule has 1 rings (SSSR count). The molecule has 1 heterocycles. The first-order valence-corrected chi connectivity index (χ1v) is 7.22. The lowest BCUT2D eigenvalue weighted by Gasteiger charge is -2.33. The number of carbonyl (C=O) groups is 1. The molecule has 1 amide bonds. The van der Waals surface area contributed by atoms with Crippen LogP contribution in [0.25, 0.3) is 0 Å². The van der Waals surface area contributed by atoms with Crippen molar-refractivity contribution in [1.82, 2.24) is 10.2 Å². The number of hydrogen-bond acceptors (Lipinski definition) is 2. The van der Waals surface area contributed by atoms with E-state index in [0.29, 0.717) is 12.3 Å². The van der Waals surface area contributed by atoms with Crippen molar-refractivity contribution in [3.63, 3.8) is 0 Å². The topological polar surface area (TPSA) is 32.3 Å². The Kier molecular flexibility index (Phi) is 7.02. The summed E-state index contributed by atoms with van der Waals surface area (Å²) in [5, 5.41) is 3.04. The summed E-state index contributed by atoms with van der Waals surface area (Å²) in [7, 11) is 0. The van der Waals surface area contributed by atoms with Crippen LogP contribution < -0.4 is 5.32 Å². The zero-order valence-corrected chi connectivity index (χ0v) is 12.1. The number of nitrogens with one attached hydrogen (secondary N) is 1. The van der Waals surface area contributed by atoms with Gasteiger partial charge in [0.05, 0.1) is 0 Å². The minimum atomic E-state index is 0.147. The summed E-state index contributed by atoms with van der Waals surface area (Å²) in [6.07, 6.45) is 6.85. The third-order valence-electron chi connectivity index (χ3n) is 3.35. The van der Waals surface area contributed by atoms with Crippen LogP contribution >= 0.6 is 0 Å². The molecule has 18 heavy (non-hydrogen) atoms. The fourth-order valence-corrected chi connectivity index (χ4v) is 2.56. The Bertz CT molecular complexity index is 274. The highest BCUT2D eigenvalue weighted by atomic mass is 16.1. The van der Waals surface area contributed by atoms with Gasteiger partial charge in [-0.2, -0.15) is 0 Å². The van der Waals surface area contributed by atoms with Crippen molar-refractivity contribution in [2.24, 2.45) is 11.8 Å². The van der Waals surface area contributed by atoms with Crippen LogP contribution in [0.4, 0.5) is 0 Å². The summed E-state index contributed by atoms with van der Waals surface area (Å²) in [6, 6.07) is 0. The molecule has 0 spiro atoms. The molecule has 0 aromatic carbocycles. The van der Waals surface area contributed by atoms with Gasteiger partial charge in [0.1, 0.15) is 0 Å². The summed E-state index contributed by atoms with van der Waals surface area (Å²) >= 11 is 0. The number of nitrogens with zero attached hydrogens (tertiary/aromatic N) is 1. The first kappa shape index (κ1) is 15.2. The molecule has 3 nitrogen and oxygen atoms in total. The van der Waals surface area contributed by atoms with Gasteiger partial charge in [-0.15, -0.1) is 0 Å². The Labute approximate surface area is 112 Å². The molecule has 3 heteroatoms. The Balaban J connectivity index is 2.23. The lowest BCUT2D eigenvalue weighted by atomic mass is 9.97. The van der Waals surface area contributed by atoms with E-state index in [2.05, 4.69) is 24.1 Å². The van der Waals surface area contributed by atoms with Crippen molar-refractivity contribution < 1.29 is 4.79 Å². The predicted octanol–water partition coefficient (Wildman–Crippen LogP) is 2.44. The van der Waals surface area contributed by atoms with Crippen molar-refractivity contribution in [3.05, 3.63) is 12.2 Å².